The van der Waals surface area contributed by atoms with Gasteiger partial charge in [-0.3, -0.25) is 4.79 Å². The summed E-state index contributed by atoms with van der Waals surface area (Å²) in [6, 6.07) is 22.9. The van der Waals surface area contributed by atoms with E-state index in [2.05, 4.69) is 15.3 Å². The number of benzene rings is 3. The summed E-state index contributed by atoms with van der Waals surface area (Å²) in [4.78, 5) is 32.5. The van der Waals surface area contributed by atoms with Gasteiger partial charge in [-0.2, -0.15) is 5.26 Å². The number of ether oxygens (including phenoxy) is 2. The van der Waals surface area contributed by atoms with E-state index in [1.54, 1.807) is 43.5 Å². The number of aliphatic hydroxyl groups is 1. The Labute approximate surface area is 213 Å². The quantitative estimate of drug-likeness (QED) is 0.172. The van der Waals surface area contributed by atoms with Crippen LogP contribution in [0.5, 0.6) is 5.75 Å². The molecule has 0 aliphatic rings. The zero-order valence-electron chi connectivity index (χ0n) is 20.0. The number of esters is 1. The molecule has 1 amide bonds. The summed E-state index contributed by atoms with van der Waals surface area (Å²) in [5.74, 6) is -0.575. The number of hydrogen-bond acceptors (Lipinski definition) is 7. The van der Waals surface area contributed by atoms with Crippen LogP contribution < -0.4 is 10.1 Å². The molecule has 4 rings (SSSR count). The number of imidazole rings is 1. The first-order valence-corrected chi connectivity index (χ1v) is 11.4. The summed E-state index contributed by atoms with van der Waals surface area (Å²) in [5, 5.41) is 22.7. The van der Waals surface area contributed by atoms with E-state index in [-0.39, 0.29) is 35.0 Å². The molecule has 9 heteroatoms. The Morgan fingerprint density at radius 2 is 1.78 bits per heavy atom. The van der Waals surface area contributed by atoms with E-state index >= 15 is 0 Å². The van der Waals surface area contributed by atoms with Crippen LogP contribution in [-0.2, 0) is 16.0 Å². The number of nitrogens with zero attached hydrogens (tertiary/aromatic N) is 2. The topological polar surface area (TPSA) is 137 Å². The number of nitrogens with one attached hydrogen (secondary N) is 2. The molecule has 0 radical (unpaired) electrons. The average Bonchev–Trinajstić information content (AvgIpc) is 3.35. The zero-order chi connectivity index (χ0) is 26.2. The summed E-state index contributed by atoms with van der Waals surface area (Å²) < 4.78 is 10.4. The van der Waals surface area contributed by atoms with Gasteiger partial charge in [0.25, 0.3) is 0 Å². The fraction of sp³-hybridized carbons (Fsp3) is 0.143. The molecular formula is C28H24N4O5. The van der Waals surface area contributed by atoms with Gasteiger partial charge in [0.2, 0.25) is 5.91 Å². The number of amides is 1. The number of methoxy groups -OCH3 is 1. The van der Waals surface area contributed by atoms with Crippen LogP contribution in [0.2, 0.25) is 0 Å². The molecule has 0 fully saturated rings. The van der Waals surface area contributed by atoms with Crippen LogP contribution in [0.15, 0.2) is 78.6 Å². The highest BCUT2D eigenvalue weighted by atomic mass is 16.5. The minimum absolute atomic E-state index is 0.121. The van der Waals surface area contributed by atoms with E-state index in [0.717, 1.165) is 11.3 Å². The van der Waals surface area contributed by atoms with Crippen molar-refractivity contribution in [2.24, 2.45) is 0 Å². The standard InChI is InChI=1S/C28H24N4O5/c1-36-19-13-10-18(11-14-19)12-15-26(34)30-22-7-3-2-6-20(22)28(35)37-17-25(33)21(16-29)27-31-23-8-4-5-9-24(23)32-27/h2-11,13-14,33H,12,15,17H2,1H3,(H,30,34)(H,31,32)/b25-21-. The molecule has 0 aliphatic carbocycles. The maximum Gasteiger partial charge on any atom is 0.340 e. The smallest absolute Gasteiger partial charge is 0.340 e. The number of carbonyl (C=O) groups is 2. The predicted molar refractivity (Wildman–Crippen MR) is 138 cm³/mol. The van der Waals surface area contributed by atoms with Gasteiger partial charge in [0, 0.05) is 6.42 Å². The summed E-state index contributed by atoms with van der Waals surface area (Å²) in [7, 11) is 1.59. The van der Waals surface area contributed by atoms with Crippen LogP contribution in [0.25, 0.3) is 16.6 Å². The van der Waals surface area contributed by atoms with Crippen LogP contribution in [0.1, 0.15) is 28.2 Å². The van der Waals surface area contributed by atoms with Gasteiger partial charge in [-0.25, -0.2) is 9.78 Å². The molecule has 9 nitrogen and oxygen atoms in total. The Balaban J connectivity index is 1.40. The Hall–Kier alpha value is -5.10. The van der Waals surface area contributed by atoms with Crippen LogP contribution in [0, 0.1) is 11.3 Å². The molecule has 0 saturated carbocycles. The number of hydrogen-bond donors (Lipinski definition) is 3. The number of H-pyrrole nitrogens is 1. The van der Waals surface area contributed by atoms with Crippen molar-refractivity contribution >= 4 is 34.2 Å². The first-order chi connectivity index (χ1) is 18.0. The van der Waals surface area contributed by atoms with E-state index in [1.807, 2.05) is 36.4 Å². The molecule has 0 saturated heterocycles. The van der Waals surface area contributed by atoms with Gasteiger partial charge < -0.3 is 24.9 Å². The number of allylic oxidation sites excluding steroid dienone is 1. The SMILES string of the molecule is COc1ccc(CCC(=O)Nc2ccccc2C(=O)OC/C(O)=C(\C#N)c2nc3ccccc3[nH]2)cc1. The fourth-order valence-corrected chi connectivity index (χ4v) is 3.64. The summed E-state index contributed by atoms with van der Waals surface area (Å²) in [6.07, 6.45) is 0.724. The van der Waals surface area contributed by atoms with Crippen LogP contribution in [-0.4, -0.2) is 40.7 Å². The van der Waals surface area contributed by atoms with Crippen molar-refractivity contribution in [3.8, 4) is 11.8 Å². The van der Waals surface area contributed by atoms with Crippen LogP contribution >= 0.6 is 0 Å². The highest BCUT2D eigenvalue weighted by Gasteiger charge is 2.18. The lowest BCUT2D eigenvalue weighted by Gasteiger charge is -2.11. The maximum atomic E-state index is 12.8. The third kappa shape index (κ3) is 6.13. The van der Waals surface area contributed by atoms with Gasteiger partial charge in [0.15, 0.2) is 11.6 Å². The molecule has 0 unspecified atom stereocenters. The van der Waals surface area contributed by atoms with E-state index in [0.29, 0.717) is 17.5 Å². The molecule has 1 heterocycles. The normalized spacial score (nSPS) is 11.4. The third-order valence-corrected chi connectivity index (χ3v) is 5.59. The molecule has 3 N–H and O–H groups in total. The number of anilines is 1. The number of rotatable bonds is 9. The number of para-hydroxylation sites is 3. The average molecular weight is 497 g/mol. The zero-order valence-corrected chi connectivity index (χ0v) is 20.0. The molecule has 0 aliphatic heterocycles. The Bertz CT molecular complexity index is 1470. The molecular weight excluding hydrogens is 472 g/mol. The molecule has 4 aromatic rings. The van der Waals surface area contributed by atoms with Crippen molar-refractivity contribution in [1.29, 1.82) is 5.26 Å². The number of fused-ring (bicyclic) bond motifs is 1. The summed E-state index contributed by atoms with van der Waals surface area (Å²) >= 11 is 0. The number of aromatic nitrogens is 2. The number of nitriles is 1. The highest BCUT2D eigenvalue weighted by molar-refractivity contribution is 6.01. The monoisotopic (exact) mass is 496 g/mol. The van der Waals surface area contributed by atoms with Crippen LogP contribution in [0.4, 0.5) is 5.69 Å². The van der Waals surface area contributed by atoms with Gasteiger partial charge >= 0.3 is 5.97 Å². The number of aryl methyl sites for hydroxylation is 1. The molecule has 0 spiro atoms. The van der Waals surface area contributed by atoms with Gasteiger partial charge in [-0.05, 0) is 48.4 Å². The number of aromatic amines is 1. The van der Waals surface area contributed by atoms with Crippen LogP contribution in [0.3, 0.4) is 0 Å². The highest BCUT2D eigenvalue weighted by Crippen LogP contribution is 2.21. The van der Waals surface area contributed by atoms with Crippen molar-refractivity contribution in [3.05, 3.63) is 95.5 Å². The van der Waals surface area contributed by atoms with Gasteiger partial charge in [-0.1, -0.05) is 36.4 Å². The first kappa shape index (κ1) is 25.0. The number of aliphatic hydroxyl groups excluding tert-OH is 1. The second kappa shape index (κ2) is 11.6. The molecule has 37 heavy (non-hydrogen) atoms. The van der Waals surface area contributed by atoms with E-state index in [4.69, 9.17) is 9.47 Å². The minimum Gasteiger partial charge on any atom is -0.507 e. The second-order valence-corrected chi connectivity index (χ2v) is 8.05. The van der Waals surface area contributed by atoms with Gasteiger partial charge in [0.05, 0.1) is 29.4 Å². The molecule has 0 bridgehead atoms. The molecule has 186 valence electrons. The van der Waals surface area contributed by atoms with E-state index in [1.165, 1.54) is 6.07 Å². The molecule has 0 atom stereocenters. The number of carbonyl (C=O) groups excluding carboxylic acids is 2. The van der Waals surface area contributed by atoms with Crippen molar-refractivity contribution in [2.75, 3.05) is 19.0 Å². The Morgan fingerprint density at radius 3 is 2.51 bits per heavy atom. The molecule has 1 aromatic heterocycles. The van der Waals surface area contributed by atoms with Crippen molar-refractivity contribution < 1.29 is 24.2 Å². The van der Waals surface area contributed by atoms with Gasteiger partial charge in [0.1, 0.15) is 24.0 Å². The lowest BCUT2D eigenvalue weighted by molar-refractivity contribution is -0.116. The largest absolute Gasteiger partial charge is 0.507 e. The lowest BCUT2D eigenvalue weighted by atomic mass is 10.1. The minimum atomic E-state index is -0.764. The first-order valence-electron chi connectivity index (χ1n) is 11.4. The van der Waals surface area contributed by atoms with E-state index < -0.39 is 18.3 Å². The summed E-state index contributed by atoms with van der Waals surface area (Å²) in [5.41, 5.74) is 2.58. The Morgan fingerprint density at radius 1 is 1.05 bits per heavy atom. The van der Waals surface area contributed by atoms with Crippen molar-refractivity contribution in [1.82, 2.24) is 9.97 Å². The lowest BCUT2D eigenvalue weighted by Crippen LogP contribution is -2.17. The second-order valence-electron chi connectivity index (χ2n) is 8.05. The van der Waals surface area contributed by atoms with Crippen molar-refractivity contribution in [3.63, 3.8) is 0 Å². The third-order valence-electron chi connectivity index (χ3n) is 5.59. The van der Waals surface area contributed by atoms with Gasteiger partial charge in [-0.15, -0.1) is 0 Å². The maximum absolute atomic E-state index is 12.8. The molecule has 3 aromatic carbocycles. The summed E-state index contributed by atoms with van der Waals surface area (Å²) in [6.45, 7) is -0.543. The predicted octanol–water partition coefficient (Wildman–Crippen LogP) is 4.79. The Kier molecular flexibility index (Phi) is 7.81. The fourth-order valence-electron chi connectivity index (χ4n) is 3.64. The van der Waals surface area contributed by atoms with Crippen molar-refractivity contribution in [2.45, 2.75) is 12.8 Å². The van der Waals surface area contributed by atoms with E-state index in [9.17, 15) is 20.0 Å².